The Labute approximate surface area is 206 Å². The molecular weight excluding hydrogens is 436 g/mol. The smallest absolute Gasteiger partial charge is 0.231 e. The van der Waals surface area contributed by atoms with E-state index in [4.69, 9.17) is 9.47 Å². The predicted octanol–water partition coefficient (Wildman–Crippen LogP) is 4.89. The summed E-state index contributed by atoms with van der Waals surface area (Å²) in [5.41, 5.74) is 6.29. The molecule has 2 aliphatic rings. The van der Waals surface area contributed by atoms with E-state index in [-0.39, 0.29) is 0 Å². The fourth-order valence-corrected chi connectivity index (χ4v) is 5.06. The molecule has 0 saturated carbocycles. The van der Waals surface area contributed by atoms with E-state index >= 15 is 0 Å². The summed E-state index contributed by atoms with van der Waals surface area (Å²) in [6, 6.07) is 25.3. The minimum absolute atomic E-state index is 0.324. The third kappa shape index (κ3) is 4.55. The van der Waals surface area contributed by atoms with Gasteiger partial charge in [0.2, 0.25) is 6.79 Å². The van der Waals surface area contributed by atoms with E-state index in [0.29, 0.717) is 6.79 Å². The van der Waals surface area contributed by atoms with Crippen LogP contribution in [0.5, 0.6) is 11.5 Å². The fraction of sp³-hybridized carbons (Fsp3) is 0.276. The van der Waals surface area contributed by atoms with Crippen LogP contribution in [-0.2, 0) is 13.1 Å². The molecule has 0 radical (unpaired) electrons. The number of fused-ring (bicyclic) bond motifs is 1. The van der Waals surface area contributed by atoms with E-state index < -0.39 is 0 Å². The Bertz CT molecular complexity index is 1300. The van der Waals surface area contributed by atoms with Crippen LogP contribution in [0.4, 0.5) is 0 Å². The van der Waals surface area contributed by atoms with Crippen molar-refractivity contribution >= 4 is 0 Å². The van der Waals surface area contributed by atoms with Crippen molar-refractivity contribution in [1.29, 1.82) is 0 Å². The number of hydrogen-bond acceptors (Lipinski definition) is 5. The van der Waals surface area contributed by atoms with Crippen LogP contribution < -0.4 is 9.47 Å². The molecule has 6 heteroatoms. The second-order valence-electron chi connectivity index (χ2n) is 9.27. The van der Waals surface area contributed by atoms with E-state index in [2.05, 4.69) is 86.9 Å². The Morgan fingerprint density at radius 2 is 1.51 bits per heavy atom. The molecule has 178 valence electrons. The van der Waals surface area contributed by atoms with Crippen molar-refractivity contribution in [3.05, 3.63) is 95.8 Å². The lowest BCUT2D eigenvalue weighted by molar-refractivity contribution is 0.122. The van der Waals surface area contributed by atoms with Crippen LogP contribution in [0.2, 0.25) is 0 Å². The van der Waals surface area contributed by atoms with E-state index in [1.165, 1.54) is 28.1 Å². The van der Waals surface area contributed by atoms with Gasteiger partial charge in [-0.15, -0.1) is 0 Å². The van der Waals surface area contributed by atoms with E-state index in [0.717, 1.165) is 56.6 Å². The SMILES string of the molecule is Cc1c(CN2CCN(Cc3ccc4c(c3)OCO4)CC2)cc(-c2ccccc2)n1-c1ccccn1. The lowest BCUT2D eigenvalue weighted by Crippen LogP contribution is -2.45. The predicted molar refractivity (Wildman–Crippen MR) is 137 cm³/mol. The summed E-state index contributed by atoms with van der Waals surface area (Å²) in [7, 11) is 0. The Morgan fingerprint density at radius 3 is 2.29 bits per heavy atom. The molecule has 1 fully saturated rings. The highest BCUT2D eigenvalue weighted by atomic mass is 16.7. The number of aromatic nitrogens is 2. The summed E-state index contributed by atoms with van der Waals surface area (Å²) < 4.78 is 13.3. The van der Waals surface area contributed by atoms with Crippen molar-refractivity contribution in [1.82, 2.24) is 19.4 Å². The first kappa shape index (κ1) is 21.9. The zero-order valence-electron chi connectivity index (χ0n) is 20.1. The molecule has 0 unspecified atom stereocenters. The number of nitrogens with zero attached hydrogens (tertiary/aromatic N) is 4. The van der Waals surface area contributed by atoms with Crippen molar-refractivity contribution < 1.29 is 9.47 Å². The summed E-state index contributed by atoms with van der Waals surface area (Å²) in [5, 5.41) is 0. The second-order valence-corrected chi connectivity index (χ2v) is 9.27. The number of rotatable bonds is 6. The highest BCUT2D eigenvalue weighted by Crippen LogP contribution is 2.33. The summed E-state index contributed by atoms with van der Waals surface area (Å²) in [6.45, 7) is 8.65. The van der Waals surface area contributed by atoms with Gasteiger partial charge in [0.25, 0.3) is 0 Å². The normalized spacial score (nSPS) is 16.0. The van der Waals surface area contributed by atoms with Crippen molar-refractivity contribution in [2.45, 2.75) is 20.0 Å². The molecular formula is C29H30N4O2. The van der Waals surface area contributed by atoms with Gasteiger partial charge in [0, 0.05) is 51.2 Å². The quantitative estimate of drug-likeness (QED) is 0.405. The average molecular weight is 467 g/mol. The van der Waals surface area contributed by atoms with E-state index in [1.54, 1.807) is 0 Å². The van der Waals surface area contributed by atoms with Gasteiger partial charge in [-0.3, -0.25) is 14.4 Å². The summed E-state index contributed by atoms with van der Waals surface area (Å²) in [6.07, 6.45) is 1.86. The van der Waals surface area contributed by atoms with Crippen LogP contribution in [-0.4, -0.2) is 52.3 Å². The lowest BCUT2D eigenvalue weighted by Gasteiger charge is -2.34. The molecule has 0 bridgehead atoms. The van der Waals surface area contributed by atoms with Gasteiger partial charge < -0.3 is 9.47 Å². The fourth-order valence-electron chi connectivity index (χ4n) is 5.06. The molecule has 35 heavy (non-hydrogen) atoms. The zero-order valence-corrected chi connectivity index (χ0v) is 20.1. The standard InChI is InChI=1S/C29H30N4O2/c1-22-25(18-26(24-7-3-2-4-8-24)33(22)29-9-5-6-12-30-29)20-32-15-13-31(14-16-32)19-23-10-11-27-28(17-23)35-21-34-27/h2-12,17-18H,13-16,19-21H2,1H3. The van der Waals surface area contributed by atoms with Gasteiger partial charge in [0.05, 0.1) is 5.69 Å². The Balaban J connectivity index is 1.16. The van der Waals surface area contributed by atoms with Crippen LogP contribution in [0.15, 0.2) is 79.0 Å². The van der Waals surface area contributed by atoms with Crippen molar-refractivity contribution in [2.24, 2.45) is 0 Å². The van der Waals surface area contributed by atoms with Crippen LogP contribution in [0, 0.1) is 6.92 Å². The highest BCUT2D eigenvalue weighted by Gasteiger charge is 2.22. The van der Waals surface area contributed by atoms with Crippen LogP contribution in [0.25, 0.3) is 17.1 Å². The minimum atomic E-state index is 0.324. The first-order chi connectivity index (χ1) is 17.2. The van der Waals surface area contributed by atoms with Gasteiger partial charge in [0.15, 0.2) is 11.5 Å². The molecule has 4 aromatic rings. The van der Waals surface area contributed by atoms with Gasteiger partial charge in [-0.2, -0.15) is 0 Å². The first-order valence-corrected chi connectivity index (χ1v) is 12.3. The number of benzene rings is 2. The van der Waals surface area contributed by atoms with Crippen molar-refractivity contribution in [3.8, 4) is 28.6 Å². The maximum absolute atomic E-state index is 5.54. The molecule has 1 saturated heterocycles. The van der Waals surface area contributed by atoms with E-state index in [9.17, 15) is 0 Å². The maximum Gasteiger partial charge on any atom is 0.231 e. The van der Waals surface area contributed by atoms with Crippen LogP contribution in [0.1, 0.15) is 16.8 Å². The van der Waals surface area contributed by atoms with Gasteiger partial charge in [-0.1, -0.05) is 42.5 Å². The van der Waals surface area contributed by atoms with Gasteiger partial charge in [-0.25, -0.2) is 4.98 Å². The number of hydrogen-bond donors (Lipinski definition) is 0. The van der Waals surface area contributed by atoms with Gasteiger partial charge in [0.1, 0.15) is 5.82 Å². The first-order valence-electron chi connectivity index (χ1n) is 12.3. The summed E-state index contributed by atoms with van der Waals surface area (Å²) in [5.74, 6) is 2.67. The number of pyridine rings is 1. The topological polar surface area (TPSA) is 42.8 Å². The molecule has 0 atom stereocenters. The summed E-state index contributed by atoms with van der Waals surface area (Å²) in [4.78, 5) is 9.74. The molecule has 0 aliphatic carbocycles. The van der Waals surface area contributed by atoms with E-state index in [1.807, 2.05) is 18.3 Å². The van der Waals surface area contributed by atoms with Gasteiger partial charge in [-0.05, 0) is 53.9 Å². The van der Waals surface area contributed by atoms with Crippen molar-refractivity contribution in [2.75, 3.05) is 33.0 Å². The maximum atomic E-state index is 5.54. The van der Waals surface area contributed by atoms with Gasteiger partial charge >= 0.3 is 0 Å². The molecule has 0 amide bonds. The highest BCUT2D eigenvalue weighted by molar-refractivity contribution is 5.65. The molecule has 4 heterocycles. The molecule has 2 aromatic carbocycles. The molecule has 0 N–H and O–H groups in total. The average Bonchev–Trinajstić information content (AvgIpc) is 3.50. The third-order valence-electron chi connectivity index (χ3n) is 7.00. The summed E-state index contributed by atoms with van der Waals surface area (Å²) >= 11 is 0. The Kier molecular flexibility index (Phi) is 5.98. The van der Waals surface area contributed by atoms with Crippen LogP contribution in [0.3, 0.4) is 0 Å². The molecule has 6 nitrogen and oxygen atoms in total. The zero-order chi connectivity index (χ0) is 23.6. The Morgan fingerprint density at radius 1 is 0.771 bits per heavy atom. The third-order valence-corrected chi connectivity index (χ3v) is 7.00. The number of ether oxygens (including phenoxy) is 2. The largest absolute Gasteiger partial charge is 0.454 e. The molecule has 2 aliphatic heterocycles. The molecule has 0 spiro atoms. The lowest BCUT2D eigenvalue weighted by atomic mass is 10.1. The second kappa shape index (κ2) is 9.56. The van der Waals surface area contributed by atoms with Crippen molar-refractivity contribution in [3.63, 3.8) is 0 Å². The Hall–Kier alpha value is -3.61. The molecule has 6 rings (SSSR count). The minimum Gasteiger partial charge on any atom is -0.454 e. The van der Waals surface area contributed by atoms with Crippen LogP contribution >= 0.6 is 0 Å². The molecule has 2 aromatic heterocycles. The number of piperazine rings is 1. The monoisotopic (exact) mass is 466 g/mol.